The third-order valence-electron chi connectivity index (χ3n) is 4.49. The van der Waals surface area contributed by atoms with Crippen LogP contribution in [0.3, 0.4) is 0 Å². The summed E-state index contributed by atoms with van der Waals surface area (Å²) >= 11 is 12.7. The van der Waals surface area contributed by atoms with Gasteiger partial charge in [-0.05, 0) is 43.7 Å². The Labute approximate surface area is 179 Å². The molecule has 0 saturated carbocycles. The molecule has 2 aromatic rings. The molecule has 0 atom stereocenters. The van der Waals surface area contributed by atoms with Crippen LogP contribution in [-0.2, 0) is 13.2 Å². The summed E-state index contributed by atoms with van der Waals surface area (Å²) < 4.78 is 11.7. The van der Waals surface area contributed by atoms with E-state index in [1.165, 1.54) is 32.1 Å². The van der Waals surface area contributed by atoms with Crippen molar-refractivity contribution in [3.63, 3.8) is 0 Å². The first kappa shape index (κ1) is 22.9. The Morgan fingerprint density at radius 3 is 2.43 bits per heavy atom. The second kappa shape index (κ2) is 12.9. The lowest BCUT2D eigenvalue weighted by atomic mass is 10.1. The van der Waals surface area contributed by atoms with Crippen molar-refractivity contribution in [2.24, 2.45) is 0 Å². The van der Waals surface area contributed by atoms with Gasteiger partial charge in [0.25, 0.3) is 0 Å². The highest BCUT2D eigenvalue weighted by molar-refractivity contribution is 6.32. The molecule has 2 rings (SSSR count). The molecule has 3 nitrogen and oxygen atoms in total. The minimum atomic E-state index is 0.342. The summed E-state index contributed by atoms with van der Waals surface area (Å²) in [7, 11) is 0. The Morgan fingerprint density at radius 2 is 1.68 bits per heavy atom. The lowest BCUT2D eigenvalue weighted by Gasteiger charge is -2.16. The van der Waals surface area contributed by atoms with E-state index in [0.29, 0.717) is 34.8 Å². The molecule has 2 aromatic carbocycles. The maximum atomic E-state index is 6.51. The van der Waals surface area contributed by atoms with E-state index in [1.54, 1.807) is 0 Å². The Balaban J connectivity index is 1.95. The van der Waals surface area contributed by atoms with Crippen LogP contribution in [-0.4, -0.2) is 13.2 Å². The second-order valence-electron chi connectivity index (χ2n) is 6.81. The molecule has 0 bridgehead atoms. The van der Waals surface area contributed by atoms with Gasteiger partial charge in [-0.15, -0.1) is 0 Å². The molecule has 0 radical (unpaired) electrons. The average Bonchev–Trinajstić information content (AvgIpc) is 2.68. The predicted octanol–water partition coefficient (Wildman–Crippen LogP) is 7.03. The third-order valence-corrected chi connectivity index (χ3v) is 5.13. The molecule has 0 aliphatic carbocycles. The highest BCUT2D eigenvalue weighted by Crippen LogP contribution is 2.37. The smallest absolute Gasteiger partial charge is 0.180 e. The van der Waals surface area contributed by atoms with Crippen LogP contribution < -0.4 is 14.8 Å². The number of benzene rings is 2. The minimum Gasteiger partial charge on any atom is -0.490 e. The molecule has 0 heterocycles. The predicted molar refractivity (Wildman–Crippen MR) is 119 cm³/mol. The van der Waals surface area contributed by atoms with E-state index < -0.39 is 0 Å². The summed E-state index contributed by atoms with van der Waals surface area (Å²) in [4.78, 5) is 0. The molecule has 0 aromatic heterocycles. The molecule has 0 amide bonds. The standard InChI is InChI=1S/C23H31Cl2NO2/c1-3-5-6-7-10-13-26-16-18-14-21(25)23(22(15-18)27-4-2)28-17-19-11-8-9-12-20(19)24/h8-9,11-12,14-15,26H,3-7,10,13,16-17H2,1-2H3. The van der Waals surface area contributed by atoms with Gasteiger partial charge < -0.3 is 14.8 Å². The zero-order valence-corrected chi connectivity index (χ0v) is 18.4. The molecule has 5 heteroatoms. The van der Waals surface area contributed by atoms with Gasteiger partial charge in [0.1, 0.15) is 6.61 Å². The molecular formula is C23H31Cl2NO2. The summed E-state index contributed by atoms with van der Waals surface area (Å²) in [6.45, 7) is 6.85. The molecular weight excluding hydrogens is 393 g/mol. The highest BCUT2D eigenvalue weighted by Gasteiger charge is 2.13. The Morgan fingerprint density at radius 1 is 0.893 bits per heavy atom. The van der Waals surface area contributed by atoms with Crippen LogP contribution in [0.1, 0.15) is 57.1 Å². The van der Waals surface area contributed by atoms with E-state index >= 15 is 0 Å². The van der Waals surface area contributed by atoms with E-state index in [4.69, 9.17) is 32.7 Å². The van der Waals surface area contributed by atoms with Crippen molar-refractivity contribution >= 4 is 23.2 Å². The van der Waals surface area contributed by atoms with Gasteiger partial charge in [0.05, 0.1) is 11.6 Å². The first-order valence-corrected chi connectivity index (χ1v) is 10.9. The number of nitrogens with one attached hydrogen (secondary N) is 1. The van der Waals surface area contributed by atoms with E-state index in [9.17, 15) is 0 Å². The van der Waals surface area contributed by atoms with Gasteiger partial charge in [-0.25, -0.2) is 0 Å². The lowest BCUT2D eigenvalue weighted by molar-refractivity contribution is 0.269. The van der Waals surface area contributed by atoms with Gasteiger partial charge in [0.15, 0.2) is 11.5 Å². The van der Waals surface area contributed by atoms with Crippen LogP contribution >= 0.6 is 23.2 Å². The number of hydrogen-bond donors (Lipinski definition) is 1. The first-order valence-electron chi connectivity index (χ1n) is 10.2. The fourth-order valence-corrected chi connectivity index (χ4v) is 3.46. The zero-order valence-electron chi connectivity index (χ0n) is 16.9. The first-order chi connectivity index (χ1) is 13.7. The Bertz CT molecular complexity index is 722. The summed E-state index contributed by atoms with van der Waals surface area (Å²) in [5, 5.41) is 4.72. The third kappa shape index (κ3) is 7.54. The van der Waals surface area contributed by atoms with Crippen LogP contribution in [0.5, 0.6) is 11.5 Å². The van der Waals surface area contributed by atoms with Crippen molar-refractivity contribution in [2.45, 2.75) is 59.1 Å². The topological polar surface area (TPSA) is 30.5 Å². The molecule has 1 N–H and O–H groups in total. The number of ether oxygens (including phenoxy) is 2. The Hall–Kier alpha value is -1.42. The maximum absolute atomic E-state index is 6.51. The van der Waals surface area contributed by atoms with Crippen molar-refractivity contribution in [2.75, 3.05) is 13.2 Å². The van der Waals surface area contributed by atoms with Crippen LogP contribution in [0, 0.1) is 0 Å². The van der Waals surface area contributed by atoms with Gasteiger partial charge in [-0.2, -0.15) is 0 Å². The number of unbranched alkanes of at least 4 members (excludes halogenated alkanes) is 4. The van der Waals surface area contributed by atoms with E-state index in [1.807, 2.05) is 43.3 Å². The van der Waals surface area contributed by atoms with E-state index in [0.717, 1.165) is 24.2 Å². The van der Waals surface area contributed by atoms with E-state index in [-0.39, 0.29) is 0 Å². The van der Waals surface area contributed by atoms with E-state index in [2.05, 4.69) is 12.2 Å². The summed E-state index contributed by atoms with van der Waals surface area (Å²) in [6, 6.07) is 11.6. The van der Waals surface area contributed by atoms with Crippen molar-refractivity contribution in [1.82, 2.24) is 5.32 Å². The fourth-order valence-electron chi connectivity index (χ4n) is 2.98. The largest absolute Gasteiger partial charge is 0.490 e. The van der Waals surface area contributed by atoms with Gasteiger partial charge in [-0.1, -0.05) is 74.0 Å². The molecule has 0 aliphatic heterocycles. The maximum Gasteiger partial charge on any atom is 0.180 e. The normalized spacial score (nSPS) is 10.9. The van der Waals surface area contributed by atoms with Crippen LogP contribution in [0.4, 0.5) is 0 Å². The van der Waals surface area contributed by atoms with Crippen molar-refractivity contribution in [3.8, 4) is 11.5 Å². The number of rotatable bonds is 13. The fraction of sp³-hybridized carbons (Fsp3) is 0.478. The van der Waals surface area contributed by atoms with Gasteiger partial charge in [0, 0.05) is 17.1 Å². The molecule has 154 valence electrons. The summed E-state index contributed by atoms with van der Waals surface area (Å²) in [5.74, 6) is 1.23. The lowest BCUT2D eigenvalue weighted by Crippen LogP contribution is -2.15. The SMILES string of the molecule is CCCCCCCNCc1cc(Cl)c(OCc2ccccc2Cl)c(OCC)c1. The quantitative estimate of drug-likeness (QED) is 0.350. The molecule has 0 fully saturated rings. The van der Waals surface area contributed by atoms with Crippen LogP contribution in [0.2, 0.25) is 10.0 Å². The van der Waals surface area contributed by atoms with Gasteiger partial charge in [0.2, 0.25) is 0 Å². The molecule has 0 spiro atoms. The van der Waals surface area contributed by atoms with Crippen LogP contribution in [0.15, 0.2) is 36.4 Å². The Kier molecular flexibility index (Phi) is 10.6. The number of halogens is 2. The van der Waals surface area contributed by atoms with Crippen molar-refractivity contribution in [3.05, 3.63) is 57.6 Å². The molecule has 0 saturated heterocycles. The molecule has 28 heavy (non-hydrogen) atoms. The minimum absolute atomic E-state index is 0.342. The van der Waals surface area contributed by atoms with Crippen molar-refractivity contribution < 1.29 is 9.47 Å². The summed E-state index contributed by atoms with van der Waals surface area (Å²) in [5.41, 5.74) is 2.00. The average molecular weight is 424 g/mol. The van der Waals surface area contributed by atoms with Crippen molar-refractivity contribution in [1.29, 1.82) is 0 Å². The van der Waals surface area contributed by atoms with Gasteiger partial charge >= 0.3 is 0 Å². The zero-order chi connectivity index (χ0) is 20.2. The monoisotopic (exact) mass is 423 g/mol. The molecule has 0 aliphatic rings. The highest BCUT2D eigenvalue weighted by atomic mass is 35.5. The molecule has 0 unspecified atom stereocenters. The number of hydrogen-bond acceptors (Lipinski definition) is 3. The van der Waals surface area contributed by atoms with Crippen LogP contribution in [0.25, 0.3) is 0 Å². The van der Waals surface area contributed by atoms with Gasteiger partial charge in [-0.3, -0.25) is 0 Å². The summed E-state index contributed by atoms with van der Waals surface area (Å²) in [6.07, 6.45) is 6.39. The second-order valence-corrected chi connectivity index (χ2v) is 7.62.